The second kappa shape index (κ2) is 15.6. The van der Waals surface area contributed by atoms with E-state index < -0.39 is 82.8 Å². The number of ether oxygens (including phenoxy) is 2. The standard InChI is InChI=1S/C45H49FN2O10/c1-42-18-17-32(49)20-30(42)12-14-34-35-21-36(50)45(56,43(35,2)22-37(51)44(34,42)46)38(52)25-58-40(54)16-15-39(53)57-24-26-7-9-28(10-8-26)33(23-47)41(55)48-31-13-11-27-5-3-4-6-29(27)19-31/h3-11,13,17-20,33-37,50-51,56H,12,14-16,21-25,47H2,1-2H3,(H,48,55)/t33-,34+,35+,36-,37+,42+,43+,44+,45+/m1/s1. The number of aliphatic hydroxyl groups excluding tert-OH is 2. The molecule has 3 aromatic rings. The largest absolute Gasteiger partial charge is 0.461 e. The Morgan fingerprint density at radius 3 is 2.33 bits per heavy atom. The Balaban J connectivity index is 0.890. The van der Waals surface area contributed by atoms with E-state index in [4.69, 9.17) is 15.2 Å². The molecule has 3 fully saturated rings. The lowest BCUT2D eigenvalue weighted by atomic mass is 9.44. The third-order valence-corrected chi connectivity index (χ3v) is 13.5. The molecular formula is C45H49FN2O10. The van der Waals surface area contributed by atoms with Gasteiger partial charge in [-0.3, -0.25) is 24.0 Å². The number of allylic oxidation sites excluding steroid dienone is 4. The summed E-state index contributed by atoms with van der Waals surface area (Å²) in [6.07, 6.45) is 0.300. The maximum Gasteiger partial charge on any atom is 0.306 e. The number of halogens is 1. The Hall–Kier alpha value is -5.08. The highest BCUT2D eigenvalue weighted by Crippen LogP contribution is 2.69. The first-order chi connectivity index (χ1) is 27.5. The van der Waals surface area contributed by atoms with Gasteiger partial charge in [-0.05, 0) is 84.7 Å². The van der Waals surface area contributed by atoms with Gasteiger partial charge in [-0.25, -0.2) is 4.39 Å². The molecule has 306 valence electrons. The molecule has 9 atom stereocenters. The minimum Gasteiger partial charge on any atom is -0.461 e. The normalized spacial score (nSPS) is 31.6. The third-order valence-electron chi connectivity index (χ3n) is 13.5. The molecule has 0 spiro atoms. The minimum atomic E-state index is -2.45. The third kappa shape index (κ3) is 6.87. The molecule has 58 heavy (non-hydrogen) atoms. The zero-order valence-electron chi connectivity index (χ0n) is 32.5. The van der Waals surface area contributed by atoms with E-state index in [9.17, 15) is 39.3 Å². The zero-order valence-corrected chi connectivity index (χ0v) is 32.5. The van der Waals surface area contributed by atoms with Crippen LogP contribution in [0.25, 0.3) is 10.8 Å². The van der Waals surface area contributed by atoms with Crippen LogP contribution in [0.4, 0.5) is 10.1 Å². The number of hydrogen-bond acceptors (Lipinski definition) is 11. The van der Waals surface area contributed by atoms with E-state index in [2.05, 4.69) is 5.32 Å². The lowest BCUT2D eigenvalue weighted by molar-refractivity contribution is -0.222. The maximum atomic E-state index is 17.4. The molecule has 3 saturated carbocycles. The fourth-order valence-corrected chi connectivity index (χ4v) is 10.2. The number of rotatable bonds is 12. The van der Waals surface area contributed by atoms with E-state index in [1.807, 2.05) is 42.5 Å². The van der Waals surface area contributed by atoms with Gasteiger partial charge in [-0.1, -0.05) is 73.2 Å². The highest BCUT2D eigenvalue weighted by Gasteiger charge is 2.76. The van der Waals surface area contributed by atoms with Crippen LogP contribution in [0.5, 0.6) is 0 Å². The molecule has 7 rings (SSSR count). The number of carbonyl (C=O) groups is 5. The number of fused-ring (bicyclic) bond motifs is 6. The molecule has 0 unspecified atom stereocenters. The summed E-state index contributed by atoms with van der Waals surface area (Å²) in [5.41, 5.74) is 1.10. The summed E-state index contributed by atoms with van der Waals surface area (Å²) in [5, 5.41) is 39.5. The number of hydrogen-bond donors (Lipinski definition) is 5. The molecule has 4 aliphatic rings. The van der Waals surface area contributed by atoms with Crippen molar-refractivity contribution in [2.24, 2.45) is 28.4 Å². The minimum absolute atomic E-state index is 0.0690. The number of anilines is 1. The van der Waals surface area contributed by atoms with Crippen LogP contribution in [0.15, 0.2) is 90.5 Å². The molecule has 0 bridgehead atoms. The van der Waals surface area contributed by atoms with Crippen molar-refractivity contribution in [3.63, 3.8) is 0 Å². The van der Waals surface area contributed by atoms with Gasteiger partial charge in [0, 0.05) is 29.0 Å². The quantitative estimate of drug-likeness (QED) is 0.161. The van der Waals surface area contributed by atoms with E-state index in [1.54, 1.807) is 38.1 Å². The molecule has 12 nitrogen and oxygen atoms in total. The number of carbonyl (C=O) groups excluding carboxylic acids is 5. The highest BCUT2D eigenvalue weighted by atomic mass is 19.1. The second-order valence-corrected chi connectivity index (χ2v) is 16.6. The predicted octanol–water partition coefficient (Wildman–Crippen LogP) is 4.53. The number of aliphatic hydroxyl groups is 3. The molecule has 13 heteroatoms. The van der Waals surface area contributed by atoms with Crippen LogP contribution in [-0.2, 0) is 40.1 Å². The summed E-state index contributed by atoms with van der Waals surface area (Å²) >= 11 is 0. The van der Waals surface area contributed by atoms with Crippen LogP contribution in [0, 0.1) is 22.7 Å². The van der Waals surface area contributed by atoms with Gasteiger partial charge in [0.15, 0.2) is 23.7 Å². The molecule has 1 amide bonds. The number of amides is 1. The Labute approximate surface area is 335 Å². The van der Waals surface area contributed by atoms with Gasteiger partial charge in [0.05, 0.1) is 31.0 Å². The average molecular weight is 797 g/mol. The number of nitrogens with one attached hydrogen (secondary N) is 1. The number of nitrogens with two attached hydrogens (primary N) is 1. The topological polar surface area (TPSA) is 203 Å². The van der Waals surface area contributed by atoms with Crippen molar-refractivity contribution in [1.29, 1.82) is 0 Å². The second-order valence-electron chi connectivity index (χ2n) is 16.6. The molecule has 0 heterocycles. The zero-order chi connectivity index (χ0) is 41.6. The highest BCUT2D eigenvalue weighted by molar-refractivity contribution is 6.01. The van der Waals surface area contributed by atoms with E-state index in [1.165, 1.54) is 18.2 Å². The molecule has 0 aromatic heterocycles. The number of ketones is 2. The average Bonchev–Trinajstić information content (AvgIpc) is 3.41. The number of esters is 2. The monoisotopic (exact) mass is 796 g/mol. The van der Waals surface area contributed by atoms with Crippen molar-refractivity contribution in [2.45, 2.75) is 88.4 Å². The van der Waals surface area contributed by atoms with E-state index in [-0.39, 0.29) is 50.5 Å². The smallest absolute Gasteiger partial charge is 0.306 e. The lowest BCUT2D eigenvalue weighted by Crippen LogP contribution is -2.69. The summed E-state index contributed by atoms with van der Waals surface area (Å²) in [6.45, 7) is 2.25. The first kappa shape index (κ1) is 41.1. The summed E-state index contributed by atoms with van der Waals surface area (Å²) in [4.78, 5) is 64.0. The summed E-state index contributed by atoms with van der Waals surface area (Å²) in [7, 11) is 0. The van der Waals surface area contributed by atoms with Crippen molar-refractivity contribution in [3.8, 4) is 0 Å². The van der Waals surface area contributed by atoms with Crippen molar-refractivity contribution < 1.29 is 53.2 Å². The van der Waals surface area contributed by atoms with E-state index in [0.29, 0.717) is 28.8 Å². The van der Waals surface area contributed by atoms with Gasteiger partial charge in [0.2, 0.25) is 11.7 Å². The first-order valence-corrected chi connectivity index (χ1v) is 19.7. The predicted molar refractivity (Wildman–Crippen MR) is 211 cm³/mol. The summed E-state index contributed by atoms with van der Waals surface area (Å²) in [5.74, 6) is -5.30. The Morgan fingerprint density at radius 1 is 0.931 bits per heavy atom. The van der Waals surface area contributed by atoms with Crippen LogP contribution in [0.1, 0.15) is 69.4 Å². The summed E-state index contributed by atoms with van der Waals surface area (Å²) in [6, 6.07) is 20.3. The number of benzene rings is 3. The van der Waals surface area contributed by atoms with Crippen molar-refractivity contribution >= 4 is 45.9 Å². The molecule has 0 radical (unpaired) electrons. The molecular weight excluding hydrogens is 747 g/mol. The summed E-state index contributed by atoms with van der Waals surface area (Å²) < 4.78 is 27.8. The Kier molecular flexibility index (Phi) is 11.0. The fourth-order valence-electron chi connectivity index (χ4n) is 10.2. The van der Waals surface area contributed by atoms with Gasteiger partial charge in [-0.2, -0.15) is 0 Å². The van der Waals surface area contributed by atoms with Crippen molar-refractivity contribution in [2.75, 3.05) is 18.5 Å². The van der Waals surface area contributed by atoms with Gasteiger partial charge < -0.3 is 35.8 Å². The fraction of sp³-hybridized carbons (Fsp3) is 0.444. The van der Waals surface area contributed by atoms with Crippen LogP contribution in [-0.4, -0.2) is 81.4 Å². The van der Waals surface area contributed by atoms with E-state index in [0.717, 1.165) is 10.8 Å². The Bertz CT molecular complexity index is 2210. The molecule has 4 aliphatic carbocycles. The number of alkyl halides is 1. The van der Waals surface area contributed by atoms with Crippen molar-refractivity contribution in [1.82, 2.24) is 0 Å². The molecule has 0 saturated heterocycles. The Morgan fingerprint density at radius 2 is 1.62 bits per heavy atom. The van der Waals surface area contributed by atoms with Gasteiger partial charge >= 0.3 is 11.9 Å². The van der Waals surface area contributed by atoms with Crippen LogP contribution >= 0.6 is 0 Å². The lowest BCUT2D eigenvalue weighted by Gasteiger charge is -2.62. The van der Waals surface area contributed by atoms with Gasteiger partial charge in [-0.15, -0.1) is 0 Å². The first-order valence-electron chi connectivity index (χ1n) is 19.7. The number of Topliss-reactive ketones (excluding diaryl/α,β-unsaturated/α-hetero) is 1. The van der Waals surface area contributed by atoms with Crippen LogP contribution < -0.4 is 11.1 Å². The molecule has 3 aromatic carbocycles. The SMILES string of the molecule is C[C@]12C=CC(=O)C=C1CC[C@H]1[C@@H]3C[C@@H](O)[C@](O)(C(=O)COC(=O)CCC(=O)OCc4ccc([C@@H](CN)C(=O)Nc5ccc6ccccc6c5)cc4)[C@@]3(C)C[C@H](O)[C@@]12F. The van der Waals surface area contributed by atoms with Crippen molar-refractivity contribution in [3.05, 3.63) is 102 Å². The molecule has 6 N–H and O–H groups in total. The van der Waals surface area contributed by atoms with Crippen LogP contribution in [0.3, 0.4) is 0 Å². The molecule has 0 aliphatic heterocycles. The van der Waals surface area contributed by atoms with Gasteiger partial charge in [0.1, 0.15) is 6.61 Å². The van der Waals surface area contributed by atoms with Gasteiger partial charge in [0.25, 0.3) is 0 Å². The van der Waals surface area contributed by atoms with Crippen LogP contribution in [0.2, 0.25) is 0 Å². The maximum absolute atomic E-state index is 17.4. The van der Waals surface area contributed by atoms with E-state index >= 15 is 4.39 Å².